The molecule has 11 heteroatoms. The third-order valence-electron chi connectivity index (χ3n) is 6.95. The van der Waals surface area contributed by atoms with Gasteiger partial charge in [0.15, 0.2) is 28.9 Å². The molecule has 8 nitrogen and oxygen atoms in total. The molecule has 2 fully saturated rings. The summed E-state index contributed by atoms with van der Waals surface area (Å²) in [5, 5.41) is 2.92. The van der Waals surface area contributed by atoms with Crippen LogP contribution in [0.5, 0.6) is 17.2 Å². The van der Waals surface area contributed by atoms with Gasteiger partial charge in [0.25, 0.3) is 0 Å². The van der Waals surface area contributed by atoms with Gasteiger partial charge in [-0.25, -0.2) is 23.1 Å². The summed E-state index contributed by atoms with van der Waals surface area (Å²) in [6, 6.07) is 5.96. The van der Waals surface area contributed by atoms with Gasteiger partial charge in [-0.1, -0.05) is 0 Å². The normalized spacial score (nSPS) is 15.6. The molecular weight excluding hydrogens is 525 g/mol. The van der Waals surface area contributed by atoms with Gasteiger partial charge < -0.3 is 24.3 Å². The molecule has 2 aromatic carbocycles. The fourth-order valence-corrected chi connectivity index (χ4v) is 4.53. The van der Waals surface area contributed by atoms with E-state index in [4.69, 9.17) is 18.9 Å². The summed E-state index contributed by atoms with van der Waals surface area (Å²) in [5.41, 5.74) is 0.692. The first-order valence-corrected chi connectivity index (χ1v) is 13.5. The van der Waals surface area contributed by atoms with E-state index in [0.717, 1.165) is 58.5 Å². The molecule has 0 amide bonds. The van der Waals surface area contributed by atoms with E-state index in [9.17, 15) is 13.2 Å². The summed E-state index contributed by atoms with van der Waals surface area (Å²) in [6.07, 6.45) is 6.28. The molecule has 1 N–H and O–H groups in total. The molecule has 1 aromatic heterocycles. The molecule has 0 atom stereocenters. The van der Waals surface area contributed by atoms with Gasteiger partial charge in [-0.05, 0) is 61.9 Å². The van der Waals surface area contributed by atoms with Gasteiger partial charge >= 0.3 is 0 Å². The Balaban J connectivity index is 1.10. The van der Waals surface area contributed by atoms with Crippen molar-refractivity contribution < 1.29 is 32.1 Å². The van der Waals surface area contributed by atoms with Crippen molar-refractivity contribution in [1.82, 2.24) is 14.9 Å². The van der Waals surface area contributed by atoms with Crippen molar-refractivity contribution >= 4 is 11.6 Å². The number of benzene rings is 2. The van der Waals surface area contributed by atoms with Crippen LogP contribution in [-0.4, -0.2) is 61.4 Å². The zero-order chi connectivity index (χ0) is 27.9. The highest BCUT2D eigenvalue weighted by molar-refractivity contribution is 5.55. The number of aromatic nitrogens is 2. The van der Waals surface area contributed by atoms with Crippen LogP contribution < -0.4 is 19.5 Å². The molecule has 2 aliphatic rings. The summed E-state index contributed by atoms with van der Waals surface area (Å²) < 4.78 is 65.8. The number of anilines is 2. The van der Waals surface area contributed by atoms with Gasteiger partial charge in [0.2, 0.25) is 5.95 Å². The zero-order valence-electron chi connectivity index (χ0n) is 22.4. The van der Waals surface area contributed by atoms with Crippen molar-refractivity contribution in [2.45, 2.75) is 38.2 Å². The van der Waals surface area contributed by atoms with Crippen LogP contribution in [0.4, 0.5) is 24.8 Å². The molecule has 1 saturated carbocycles. The number of rotatable bonds is 13. The molecule has 5 rings (SSSR count). The fourth-order valence-electron chi connectivity index (χ4n) is 4.53. The van der Waals surface area contributed by atoms with Gasteiger partial charge in [-0.3, -0.25) is 4.90 Å². The number of unbranched alkanes of at least 4 members (excludes halogenated alkanes) is 1. The van der Waals surface area contributed by atoms with E-state index in [0.29, 0.717) is 17.9 Å². The van der Waals surface area contributed by atoms with Crippen LogP contribution in [0, 0.1) is 17.5 Å². The molecule has 40 heavy (non-hydrogen) atoms. The van der Waals surface area contributed by atoms with Gasteiger partial charge in [-0.15, -0.1) is 0 Å². The Bertz CT molecular complexity index is 1290. The molecule has 1 aliphatic heterocycles. The van der Waals surface area contributed by atoms with Crippen molar-refractivity contribution in [1.29, 1.82) is 0 Å². The quantitative estimate of drug-likeness (QED) is 0.272. The monoisotopic (exact) mass is 558 g/mol. The second-order valence-corrected chi connectivity index (χ2v) is 9.86. The lowest BCUT2D eigenvalue weighted by Crippen LogP contribution is -2.36. The molecule has 0 radical (unpaired) electrons. The standard InChI is InChI=1S/C29H33F3N4O4/c1-37-26-15-22(19-4-5-19)27(31)23(28(26)32)18-40-21-16-33-29(34-17-21)35-20-6-7-25(24(30)14-20)39-11-3-2-8-36-9-12-38-13-10-36/h6-7,14-17,19H,2-5,8-13,18H2,1H3,(H,33,34,35). The van der Waals surface area contributed by atoms with E-state index in [1.54, 1.807) is 12.1 Å². The van der Waals surface area contributed by atoms with E-state index < -0.39 is 17.5 Å². The Morgan fingerprint density at radius 1 is 0.975 bits per heavy atom. The fraction of sp³-hybridized carbons (Fsp3) is 0.448. The molecule has 1 aliphatic carbocycles. The molecule has 0 unspecified atom stereocenters. The number of ether oxygens (including phenoxy) is 4. The van der Waals surface area contributed by atoms with E-state index in [1.165, 1.54) is 31.6 Å². The third kappa shape index (κ3) is 7.14. The first-order chi connectivity index (χ1) is 19.5. The van der Waals surface area contributed by atoms with Crippen LogP contribution in [0.25, 0.3) is 0 Å². The van der Waals surface area contributed by atoms with Crippen LogP contribution in [0.3, 0.4) is 0 Å². The van der Waals surface area contributed by atoms with Crippen molar-refractivity contribution in [2.24, 2.45) is 0 Å². The lowest BCUT2D eigenvalue weighted by molar-refractivity contribution is 0.0367. The van der Waals surface area contributed by atoms with Crippen LogP contribution >= 0.6 is 0 Å². The Hall–Kier alpha value is -3.57. The Morgan fingerprint density at radius 2 is 1.75 bits per heavy atom. The number of methoxy groups -OCH3 is 1. The third-order valence-corrected chi connectivity index (χ3v) is 6.95. The van der Waals surface area contributed by atoms with E-state index >= 15 is 0 Å². The molecule has 0 spiro atoms. The lowest BCUT2D eigenvalue weighted by Gasteiger charge is -2.26. The Kier molecular flexibility index (Phi) is 9.22. The van der Waals surface area contributed by atoms with Crippen molar-refractivity contribution in [3.63, 3.8) is 0 Å². The molecule has 3 aromatic rings. The summed E-state index contributed by atoms with van der Waals surface area (Å²) in [4.78, 5) is 10.7. The Morgan fingerprint density at radius 3 is 2.45 bits per heavy atom. The van der Waals surface area contributed by atoms with Gasteiger partial charge in [0.05, 0.1) is 44.9 Å². The average Bonchev–Trinajstić information content (AvgIpc) is 3.81. The number of hydrogen-bond acceptors (Lipinski definition) is 8. The maximum atomic E-state index is 14.9. The molecule has 0 bridgehead atoms. The topological polar surface area (TPSA) is 78.0 Å². The van der Waals surface area contributed by atoms with Crippen molar-refractivity contribution in [3.05, 3.63) is 65.2 Å². The second-order valence-electron chi connectivity index (χ2n) is 9.86. The number of nitrogens with zero attached hydrogens (tertiary/aromatic N) is 3. The lowest BCUT2D eigenvalue weighted by atomic mass is 10.0. The van der Waals surface area contributed by atoms with E-state index in [-0.39, 0.29) is 41.3 Å². The van der Waals surface area contributed by atoms with Crippen molar-refractivity contribution in [3.8, 4) is 17.2 Å². The first kappa shape index (κ1) is 28.0. The predicted molar refractivity (Wildman–Crippen MR) is 143 cm³/mol. The second kappa shape index (κ2) is 13.2. The summed E-state index contributed by atoms with van der Waals surface area (Å²) in [7, 11) is 1.35. The van der Waals surface area contributed by atoms with Gasteiger partial charge in [-0.2, -0.15) is 0 Å². The highest BCUT2D eigenvalue weighted by atomic mass is 19.1. The van der Waals surface area contributed by atoms with Gasteiger partial charge in [0, 0.05) is 24.8 Å². The summed E-state index contributed by atoms with van der Waals surface area (Å²) in [5.74, 6) is -1.20. The Labute approximate surface area is 231 Å². The van der Waals surface area contributed by atoms with Crippen molar-refractivity contribution in [2.75, 3.05) is 51.9 Å². The first-order valence-electron chi connectivity index (χ1n) is 13.5. The summed E-state index contributed by atoms with van der Waals surface area (Å²) in [6.45, 7) is 4.53. The van der Waals surface area contributed by atoms with Crippen LogP contribution in [0.15, 0.2) is 36.7 Å². The number of morpholine rings is 1. The van der Waals surface area contributed by atoms with Gasteiger partial charge in [0.1, 0.15) is 12.4 Å². The minimum Gasteiger partial charge on any atom is -0.494 e. The van der Waals surface area contributed by atoms with Crippen LogP contribution in [-0.2, 0) is 11.3 Å². The molecule has 1 saturated heterocycles. The summed E-state index contributed by atoms with van der Waals surface area (Å²) >= 11 is 0. The number of nitrogens with one attached hydrogen (secondary N) is 1. The average molecular weight is 559 g/mol. The highest BCUT2D eigenvalue weighted by Gasteiger charge is 2.31. The molecule has 214 valence electrons. The smallest absolute Gasteiger partial charge is 0.227 e. The van der Waals surface area contributed by atoms with E-state index in [2.05, 4.69) is 20.2 Å². The maximum absolute atomic E-state index is 14.9. The number of halogens is 3. The maximum Gasteiger partial charge on any atom is 0.227 e. The largest absolute Gasteiger partial charge is 0.494 e. The highest BCUT2D eigenvalue weighted by Crippen LogP contribution is 2.44. The predicted octanol–water partition coefficient (Wildman–Crippen LogP) is 5.59. The minimum atomic E-state index is -0.786. The molecular formula is C29H33F3N4O4. The zero-order valence-corrected chi connectivity index (χ0v) is 22.4. The van der Waals surface area contributed by atoms with E-state index in [1.807, 2.05) is 0 Å². The van der Waals surface area contributed by atoms with Crippen LogP contribution in [0.1, 0.15) is 42.7 Å². The number of hydrogen-bond donors (Lipinski definition) is 1. The van der Waals surface area contributed by atoms with Crippen LogP contribution in [0.2, 0.25) is 0 Å². The molecule has 2 heterocycles. The minimum absolute atomic E-state index is 0.00914. The SMILES string of the molecule is COc1cc(C2CC2)c(F)c(COc2cnc(Nc3ccc(OCCCCN4CCOCC4)c(F)c3)nc2)c1F.